The van der Waals surface area contributed by atoms with E-state index in [4.69, 9.17) is 5.11 Å². The first kappa shape index (κ1) is 8.38. The molecule has 0 fully saturated rings. The highest BCUT2D eigenvalue weighted by Crippen LogP contribution is 2.27. The van der Waals surface area contributed by atoms with Gasteiger partial charge in [0.1, 0.15) is 5.75 Å². The maximum Gasteiger partial charge on any atom is 0.116 e. The van der Waals surface area contributed by atoms with Crippen LogP contribution in [0.2, 0.25) is 0 Å². The van der Waals surface area contributed by atoms with Gasteiger partial charge in [0.15, 0.2) is 0 Å². The lowest BCUT2D eigenvalue weighted by Gasteiger charge is -2.24. The Bertz CT molecular complexity index is 312. The number of benzene rings is 1. The number of aliphatic hydroxyl groups excluding tert-OH is 1. The van der Waals surface area contributed by atoms with Crippen LogP contribution >= 0.6 is 0 Å². The van der Waals surface area contributed by atoms with Crippen molar-refractivity contribution in [2.24, 2.45) is 5.92 Å². The van der Waals surface area contributed by atoms with E-state index in [1.807, 2.05) is 6.07 Å². The van der Waals surface area contributed by atoms with Gasteiger partial charge in [0.05, 0.1) is 0 Å². The molecule has 0 saturated heterocycles. The Labute approximate surface area is 77.0 Å². The molecule has 3 nitrogen and oxygen atoms in total. The van der Waals surface area contributed by atoms with Crippen LogP contribution in [0, 0.1) is 5.92 Å². The summed E-state index contributed by atoms with van der Waals surface area (Å²) >= 11 is 0. The zero-order valence-corrected chi connectivity index (χ0v) is 7.33. The van der Waals surface area contributed by atoms with Gasteiger partial charge >= 0.3 is 0 Å². The molecule has 1 aromatic rings. The molecule has 0 bridgehead atoms. The summed E-state index contributed by atoms with van der Waals surface area (Å²) in [7, 11) is 0. The Morgan fingerprint density at radius 3 is 3.08 bits per heavy atom. The molecule has 70 valence electrons. The molecule has 1 heterocycles. The Morgan fingerprint density at radius 1 is 1.46 bits per heavy atom. The van der Waals surface area contributed by atoms with Gasteiger partial charge in [-0.1, -0.05) is 0 Å². The third kappa shape index (κ3) is 1.60. The lowest BCUT2D eigenvalue weighted by Crippen LogP contribution is -2.25. The molecule has 0 saturated carbocycles. The van der Waals surface area contributed by atoms with Crippen molar-refractivity contribution in [1.29, 1.82) is 0 Å². The molecule has 0 aromatic heterocycles. The zero-order valence-electron chi connectivity index (χ0n) is 7.33. The number of anilines is 1. The molecule has 13 heavy (non-hydrogen) atoms. The van der Waals surface area contributed by atoms with E-state index in [9.17, 15) is 5.11 Å². The number of fused-ring (bicyclic) bond motifs is 1. The predicted octanol–water partition coefficient (Wildman–Crippen LogP) is 0.969. The lowest BCUT2D eigenvalue weighted by atomic mass is 9.94. The average molecular weight is 179 g/mol. The molecule has 1 aliphatic rings. The normalized spacial score (nSPS) is 20.5. The second-order valence-corrected chi connectivity index (χ2v) is 3.48. The Kier molecular flexibility index (Phi) is 2.10. The van der Waals surface area contributed by atoms with Crippen molar-refractivity contribution in [3.63, 3.8) is 0 Å². The first-order valence-corrected chi connectivity index (χ1v) is 4.46. The molecule has 1 atom stereocenters. The summed E-state index contributed by atoms with van der Waals surface area (Å²) in [6.07, 6.45) is 0.841. The molecule has 0 amide bonds. The van der Waals surface area contributed by atoms with Gasteiger partial charge in [-0.3, -0.25) is 0 Å². The van der Waals surface area contributed by atoms with Gasteiger partial charge in [0.25, 0.3) is 0 Å². The quantitative estimate of drug-likeness (QED) is 0.563. The number of hydrogen-bond acceptors (Lipinski definition) is 3. The van der Waals surface area contributed by atoms with Crippen LogP contribution in [0.4, 0.5) is 5.69 Å². The van der Waals surface area contributed by atoms with E-state index in [0.717, 1.165) is 24.2 Å². The van der Waals surface area contributed by atoms with Crippen LogP contribution < -0.4 is 5.32 Å². The molecular weight excluding hydrogens is 166 g/mol. The summed E-state index contributed by atoms with van der Waals surface area (Å²) < 4.78 is 0. The molecule has 2 rings (SSSR count). The van der Waals surface area contributed by atoms with E-state index in [0.29, 0.717) is 5.75 Å². The van der Waals surface area contributed by atoms with Crippen LogP contribution in [0.5, 0.6) is 5.75 Å². The van der Waals surface area contributed by atoms with E-state index >= 15 is 0 Å². The molecule has 1 aliphatic heterocycles. The van der Waals surface area contributed by atoms with E-state index in [2.05, 4.69) is 5.32 Å². The van der Waals surface area contributed by atoms with Crippen molar-refractivity contribution in [1.82, 2.24) is 0 Å². The summed E-state index contributed by atoms with van der Waals surface area (Å²) in [6.45, 7) is 1.01. The number of hydrogen-bond donors (Lipinski definition) is 3. The topological polar surface area (TPSA) is 52.5 Å². The van der Waals surface area contributed by atoms with Gasteiger partial charge in [-0.15, -0.1) is 0 Å². The van der Waals surface area contributed by atoms with Crippen LogP contribution in [-0.4, -0.2) is 23.4 Å². The molecule has 0 spiro atoms. The minimum absolute atomic E-state index is 0.197. The molecule has 0 aliphatic carbocycles. The second kappa shape index (κ2) is 3.26. The Morgan fingerprint density at radius 2 is 2.31 bits per heavy atom. The summed E-state index contributed by atoms with van der Waals surface area (Å²) in [5, 5.41) is 21.5. The number of rotatable bonds is 1. The fourth-order valence-corrected chi connectivity index (χ4v) is 1.69. The first-order chi connectivity index (χ1) is 6.29. The Hall–Kier alpha value is -1.22. The fourth-order valence-electron chi connectivity index (χ4n) is 1.69. The van der Waals surface area contributed by atoms with Crippen LogP contribution in [0.15, 0.2) is 18.2 Å². The maximum atomic E-state index is 9.26. The smallest absolute Gasteiger partial charge is 0.116 e. The van der Waals surface area contributed by atoms with Gasteiger partial charge in [-0.2, -0.15) is 0 Å². The number of aliphatic hydroxyl groups is 1. The van der Waals surface area contributed by atoms with Gasteiger partial charge in [0, 0.05) is 24.8 Å². The third-order valence-electron chi connectivity index (χ3n) is 2.44. The summed E-state index contributed by atoms with van der Waals surface area (Å²) in [4.78, 5) is 0. The SMILES string of the molecule is OCC1CNc2ccc(O)cc2C1. The van der Waals surface area contributed by atoms with Crippen molar-refractivity contribution >= 4 is 5.69 Å². The van der Waals surface area contributed by atoms with Crippen molar-refractivity contribution in [2.45, 2.75) is 6.42 Å². The van der Waals surface area contributed by atoms with Gasteiger partial charge in [-0.25, -0.2) is 0 Å². The monoisotopic (exact) mass is 179 g/mol. The van der Waals surface area contributed by atoms with Gasteiger partial charge < -0.3 is 15.5 Å². The van der Waals surface area contributed by atoms with E-state index in [1.54, 1.807) is 12.1 Å². The van der Waals surface area contributed by atoms with Crippen molar-refractivity contribution in [2.75, 3.05) is 18.5 Å². The lowest BCUT2D eigenvalue weighted by molar-refractivity contribution is 0.230. The molecular formula is C10H13NO2. The van der Waals surface area contributed by atoms with Crippen LogP contribution in [0.1, 0.15) is 5.56 Å². The van der Waals surface area contributed by atoms with E-state index in [-0.39, 0.29) is 12.5 Å². The van der Waals surface area contributed by atoms with Crippen molar-refractivity contribution in [3.8, 4) is 5.75 Å². The summed E-state index contributed by atoms with van der Waals surface area (Å²) in [5.41, 5.74) is 2.16. The maximum absolute atomic E-state index is 9.26. The number of aromatic hydroxyl groups is 1. The van der Waals surface area contributed by atoms with Crippen molar-refractivity contribution in [3.05, 3.63) is 23.8 Å². The molecule has 1 aromatic carbocycles. The number of phenolic OH excluding ortho intramolecular Hbond substituents is 1. The highest BCUT2D eigenvalue weighted by Gasteiger charge is 2.17. The van der Waals surface area contributed by atoms with Crippen LogP contribution in [0.3, 0.4) is 0 Å². The highest BCUT2D eigenvalue weighted by atomic mass is 16.3. The third-order valence-corrected chi connectivity index (χ3v) is 2.44. The van der Waals surface area contributed by atoms with Gasteiger partial charge in [0.2, 0.25) is 0 Å². The standard InChI is InChI=1S/C10H13NO2/c12-6-7-3-8-4-9(13)1-2-10(8)11-5-7/h1-2,4,7,11-13H,3,5-6H2. The average Bonchev–Trinajstić information content (AvgIpc) is 2.16. The largest absolute Gasteiger partial charge is 0.508 e. The number of nitrogens with one attached hydrogen (secondary N) is 1. The second-order valence-electron chi connectivity index (χ2n) is 3.48. The zero-order chi connectivity index (χ0) is 9.26. The predicted molar refractivity (Wildman–Crippen MR) is 50.9 cm³/mol. The summed E-state index contributed by atoms with van der Waals surface area (Å²) in [5.74, 6) is 0.563. The fraction of sp³-hybridized carbons (Fsp3) is 0.400. The van der Waals surface area contributed by atoms with E-state index < -0.39 is 0 Å². The van der Waals surface area contributed by atoms with Crippen LogP contribution in [-0.2, 0) is 6.42 Å². The van der Waals surface area contributed by atoms with Gasteiger partial charge in [-0.05, 0) is 30.2 Å². The first-order valence-electron chi connectivity index (χ1n) is 4.46. The van der Waals surface area contributed by atoms with E-state index in [1.165, 1.54) is 0 Å². The molecule has 1 unspecified atom stereocenters. The van der Waals surface area contributed by atoms with Crippen molar-refractivity contribution < 1.29 is 10.2 Å². The molecule has 3 N–H and O–H groups in total. The molecule has 0 radical (unpaired) electrons. The molecule has 3 heteroatoms. The minimum Gasteiger partial charge on any atom is -0.508 e. The highest BCUT2D eigenvalue weighted by molar-refractivity contribution is 5.55. The Balaban J connectivity index is 2.27. The number of phenols is 1. The van der Waals surface area contributed by atoms with Crippen LogP contribution in [0.25, 0.3) is 0 Å². The minimum atomic E-state index is 0.197. The summed E-state index contributed by atoms with van der Waals surface area (Å²) in [6, 6.07) is 5.30.